The zero-order valence-corrected chi connectivity index (χ0v) is 11.8. The van der Waals surface area contributed by atoms with E-state index in [0.29, 0.717) is 11.3 Å². The van der Waals surface area contributed by atoms with Crippen molar-refractivity contribution < 1.29 is 4.79 Å². The van der Waals surface area contributed by atoms with Gasteiger partial charge in [0.2, 0.25) is 0 Å². The SMILES string of the molecule is CCN1CCC(NC(=O)c2ccc(C)c(N)c2)CC1. The van der Waals surface area contributed by atoms with Gasteiger partial charge in [-0.1, -0.05) is 13.0 Å². The molecule has 0 radical (unpaired) electrons. The summed E-state index contributed by atoms with van der Waals surface area (Å²) in [6.07, 6.45) is 2.06. The number of aryl methyl sites for hydroxylation is 1. The second-order valence-electron chi connectivity index (χ2n) is 5.25. The Morgan fingerprint density at radius 1 is 1.42 bits per heavy atom. The second-order valence-corrected chi connectivity index (χ2v) is 5.25. The number of hydrogen-bond acceptors (Lipinski definition) is 3. The second kappa shape index (κ2) is 6.06. The van der Waals surface area contributed by atoms with Crippen LogP contribution in [-0.2, 0) is 0 Å². The molecule has 19 heavy (non-hydrogen) atoms. The summed E-state index contributed by atoms with van der Waals surface area (Å²) >= 11 is 0. The average molecular weight is 261 g/mol. The number of nitrogens with two attached hydrogens (primary N) is 1. The van der Waals surface area contributed by atoms with Crippen LogP contribution in [0, 0.1) is 6.92 Å². The van der Waals surface area contributed by atoms with Crippen molar-refractivity contribution in [2.75, 3.05) is 25.4 Å². The van der Waals surface area contributed by atoms with Crippen LogP contribution in [0.5, 0.6) is 0 Å². The predicted octanol–water partition coefficient (Wildman–Crippen LogP) is 1.79. The molecule has 0 unspecified atom stereocenters. The van der Waals surface area contributed by atoms with Crippen molar-refractivity contribution in [2.45, 2.75) is 32.7 Å². The van der Waals surface area contributed by atoms with Gasteiger partial charge in [0.1, 0.15) is 0 Å². The summed E-state index contributed by atoms with van der Waals surface area (Å²) in [7, 11) is 0. The number of benzene rings is 1. The van der Waals surface area contributed by atoms with Crippen molar-refractivity contribution in [3.8, 4) is 0 Å². The molecular formula is C15H23N3O. The summed E-state index contributed by atoms with van der Waals surface area (Å²) in [6, 6.07) is 5.77. The smallest absolute Gasteiger partial charge is 0.251 e. The van der Waals surface area contributed by atoms with Crippen molar-refractivity contribution >= 4 is 11.6 Å². The number of amides is 1. The van der Waals surface area contributed by atoms with Crippen LogP contribution >= 0.6 is 0 Å². The first-order chi connectivity index (χ1) is 9.10. The largest absolute Gasteiger partial charge is 0.398 e. The molecule has 0 aromatic heterocycles. The lowest BCUT2D eigenvalue weighted by atomic mass is 10.0. The Balaban J connectivity index is 1.92. The van der Waals surface area contributed by atoms with Gasteiger partial charge in [0, 0.05) is 30.4 Å². The lowest BCUT2D eigenvalue weighted by Crippen LogP contribution is -2.44. The molecule has 0 spiro atoms. The van der Waals surface area contributed by atoms with E-state index in [0.717, 1.165) is 38.0 Å². The third-order valence-corrected chi connectivity index (χ3v) is 3.91. The lowest BCUT2D eigenvalue weighted by Gasteiger charge is -2.31. The van der Waals surface area contributed by atoms with Crippen LogP contribution in [0.1, 0.15) is 35.7 Å². The Morgan fingerprint density at radius 2 is 2.11 bits per heavy atom. The molecule has 1 aliphatic rings. The van der Waals surface area contributed by atoms with Crippen LogP contribution in [-0.4, -0.2) is 36.5 Å². The molecule has 1 amide bonds. The van der Waals surface area contributed by atoms with Crippen LogP contribution in [0.15, 0.2) is 18.2 Å². The molecule has 1 aromatic carbocycles. The van der Waals surface area contributed by atoms with Gasteiger partial charge in [-0.05, 0) is 44.0 Å². The molecule has 3 N–H and O–H groups in total. The number of nitrogens with one attached hydrogen (secondary N) is 1. The van der Waals surface area contributed by atoms with Gasteiger partial charge < -0.3 is 16.0 Å². The summed E-state index contributed by atoms with van der Waals surface area (Å²) in [4.78, 5) is 14.6. The van der Waals surface area contributed by atoms with E-state index in [1.807, 2.05) is 19.1 Å². The highest BCUT2D eigenvalue weighted by atomic mass is 16.1. The highest BCUT2D eigenvalue weighted by molar-refractivity contribution is 5.95. The molecule has 0 bridgehead atoms. The number of nitrogens with zero attached hydrogens (tertiary/aromatic N) is 1. The Hall–Kier alpha value is -1.55. The Bertz CT molecular complexity index is 451. The predicted molar refractivity (Wildman–Crippen MR) is 78.2 cm³/mol. The molecule has 1 aliphatic heterocycles. The number of nitrogen functional groups attached to an aromatic ring is 1. The van der Waals surface area contributed by atoms with E-state index >= 15 is 0 Å². The highest BCUT2D eigenvalue weighted by Gasteiger charge is 2.20. The van der Waals surface area contributed by atoms with Crippen molar-refractivity contribution in [2.24, 2.45) is 0 Å². The molecule has 4 nitrogen and oxygen atoms in total. The van der Waals surface area contributed by atoms with E-state index in [1.54, 1.807) is 6.07 Å². The van der Waals surface area contributed by atoms with Gasteiger partial charge in [-0.15, -0.1) is 0 Å². The molecule has 1 aromatic rings. The van der Waals surface area contributed by atoms with E-state index in [1.165, 1.54) is 0 Å². The van der Waals surface area contributed by atoms with E-state index in [4.69, 9.17) is 5.73 Å². The zero-order chi connectivity index (χ0) is 13.8. The zero-order valence-electron chi connectivity index (χ0n) is 11.8. The van der Waals surface area contributed by atoms with Crippen LogP contribution in [0.2, 0.25) is 0 Å². The number of piperidine rings is 1. The Morgan fingerprint density at radius 3 is 2.68 bits per heavy atom. The molecular weight excluding hydrogens is 238 g/mol. The maximum atomic E-state index is 12.1. The van der Waals surface area contributed by atoms with Gasteiger partial charge >= 0.3 is 0 Å². The maximum absolute atomic E-state index is 12.1. The summed E-state index contributed by atoms with van der Waals surface area (Å²) in [5, 5.41) is 3.11. The minimum absolute atomic E-state index is 0.0124. The fourth-order valence-electron chi connectivity index (χ4n) is 2.44. The van der Waals surface area contributed by atoms with E-state index in [9.17, 15) is 4.79 Å². The Kier molecular flexibility index (Phi) is 4.43. The number of hydrogen-bond donors (Lipinski definition) is 2. The minimum Gasteiger partial charge on any atom is -0.398 e. The standard InChI is InChI=1S/C15H23N3O/c1-3-18-8-6-13(7-9-18)17-15(19)12-5-4-11(2)14(16)10-12/h4-5,10,13H,3,6-9,16H2,1-2H3,(H,17,19). The molecule has 0 atom stereocenters. The monoisotopic (exact) mass is 261 g/mol. The van der Waals surface area contributed by atoms with E-state index in [-0.39, 0.29) is 11.9 Å². The Labute approximate surface area is 115 Å². The third-order valence-electron chi connectivity index (χ3n) is 3.91. The molecule has 1 saturated heterocycles. The lowest BCUT2D eigenvalue weighted by molar-refractivity contribution is 0.0912. The van der Waals surface area contributed by atoms with E-state index < -0.39 is 0 Å². The molecule has 0 aliphatic carbocycles. The van der Waals surface area contributed by atoms with Gasteiger partial charge in [0.15, 0.2) is 0 Å². The topological polar surface area (TPSA) is 58.4 Å². The first-order valence-electron chi connectivity index (χ1n) is 6.99. The van der Waals surface area contributed by atoms with Crippen LogP contribution < -0.4 is 11.1 Å². The van der Waals surface area contributed by atoms with Gasteiger partial charge in [-0.2, -0.15) is 0 Å². The van der Waals surface area contributed by atoms with Crippen molar-refractivity contribution in [1.82, 2.24) is 10.2 Å². The first kappa shape index (κ1) is 13.9. The molecule has 4 heteroatoms. The van der Waals surface area contributed by atoms with Crippen molar-refractivity contribution in [3.63, 3.8) is 0 Å². The van der Waals surface area contributed by atoms with Crippen LogP contribution in [0.3, 0.4) is 0 Å². The fourth-order valence-corrected chi connectivity index (χ4v) is 2.44. The number of carbonyl (C=O) groups is 1. The number of likely N-dealkylation sites (tertiary alicyclic amines) is 1. The summed E-state index contributed by atoms with van der Waals surface area (Å²) in [6.45, 7) is 7.34. The van der Waals surface area contributed by atoms with Gasteiger partial charge in [0.05, 0.1) is 0 Å². The molecule has 0 saturated carbocycles. The normalized spacial score (nSPS) is 17.4. The number of rotatable bonds is 3. The molecule has 2 rings (SSSR count). The summed E-state index contributed by atoms with van der Waals surface area (Å²) in [5.74, 6) is -0.0124. The molecule has 1 heterocycles. The van der Waals surface area contributed by atoms with Crippen molar-refractivity contribution in [3.05, 3.63) is 29.3 Å². The first-order valence-corrected chi connectivity index (χ1v) is 6.99. The van der Waals surface area contributed by atoms with Gasteiger partial charge in [-0.3, -0.25) is 4.79 Å². The fraction of sp³-hybridized carbons (Fsp3) is 0.533. The molecule has 104 valence electrons. The maximum Gasteiger partial charge on any atom is 0.251 e. The third kappa shape index (κ3) is 3.47. The number of anilines is 1. The summed E-state index contributed by atoms with van der Waals surface area (Å²) < 4.78 is 0. The van der Waals surface area contributed by atoms with Gasteiger partial charge in [0.25, 0.3) is 5.91 Å². The van der Waals surface area contributed by atoms with E-state index in [2.05, 4.69) is 17.1 Å². The number of carbonyl (C=O) groups excluding carboxylic acids is 1. The minimum atomic E-state index is -0.0124. The molecule has 1 fully saturated rings. The summed E-state index contributed by atoms with van der Waals surface area (Å²) in [5.41, 5.74) is 8.18. The van der Waals surface area contributed by atoms with Crippen molar-refractivity contribution in [1.29, 1.82) is 0 Å². The average Bonchev–Trinajstić information content (AvgIpc) is 2.42. The van der Waals surface area contributed by atoms with Crippen LogP contribution in [0.25, 0.3) is 0 Å². The van der Waals surface area contributed by atoms with Crippen LogP contribution in [0.4, 0.5) is 5.69 Å². The quantitative estimate of drug-likeness (QED) is 0.816. The van der Waals surface area contributed by atoms with Gasteiger partial charge in [-0.25, -0.2) is 0 Å². The highest BCUT2D eigenvalue weighted by Crippen LogP contribution is 2.14.